The standard InChI is InChI=1S/C14H26O2S2/c15-13(7-3-1-4-8-13)11-17-18-12-14(16)9-5-2-6-10-14/h15-16H,1-12H2. The summed E-state index contributed by atoms with van der Waals surface area (Å²) in [7, 11) is 3.51. The van der Waals surface area contributed by atoms with E-state index in [2.05, 4.69) is 0 Å². The van der Waals surface area contributed by atoms with E-state index in [-0.39, 0.29) is 0 Å². The normalized spacial score (nSPS) is 27.0. The van der Waals surface area contributed by atoms with Crippen molar-refractivity contribution in [2.24, 2.45) is 0 Å². The molecule has 0 heterocycles. The fraction of sp³-hybridized carbons (Fsp3) is 1.00. The Bertz CT molecular complexity index is 220. The highest BCUT2D eigenvalue weighted by molar-refractivity contribution is 8.76. The van der Waals surface area contributed by atoms with Gasteiger partial charge in [0, 0.05) is 11.5 Å². The van der Waals surface area contributed by atoms with Gasteiger partial charge in [-0.05, 0) is 25.7 Å². The Hall–Kier alpha value is 0.620. The average Bonchev–Trinajstić information content (AvgIpc) is 2.37. The van der Waals surface area contributed by atoms with Crippen molar-refractivity contribution in [1.82, 2.24) is 0 Å². The Labute approximate surface area is 119 Å². The molecule has 0 amide bonds. The van der Waals surface area contributed by atoms with E-state index in [9.17, 15) is 10.2 Å². The number of aliphatic hydroxyl groups is 2. The molecule has 106 valence electrons. The summed E-state index contributed by atoms with van der Waals surface area (Å²) in [6.07, 6.45) is 11.1. The first kappa shape index (κ1) is 15.0. The zero-order chi connectivity index (χ0) is 12.9. The van der Waals surface area contributed by atoms with Gasteiger partial charge < -0.3 is 10.2 Å². The molecule has 0 aromatic heterocycles. The Kier molecular flexibility index (Phi) is 5.73. The van der Waals surface area contributed by atoms with Gasteiger partial charge in [0.1, 0.15) is 0 Å². The van der Waals surface area contributed by atoms with Gasteiger partial charge in [0.05, 0.1) is 11.2 Å². The van der Waals surface area contributed by atoms with Crippen molar-refractivity contribution in [2.75, 3.05) is 11.5 Å². The van der Waals surface area contributed by atoms with E-state index in [0.717, 1.165) is 37.2 Å². The Morgan fingerprint density at radius 3 is 1.28 bits per heavy atom. The lowest BCUT2D eigenvalue weighted by atomic mass is 9.86. The summed E-state index contributed by atoms with van der Waals surface area (Å²) in [6, 6.07) is 0. The molecule has 0 aromatic rings. The molecule has 2 nitrogen and oxygen atoms in total. The molecule has 0 radical (unpaired) electrons. The third-order valence-electron chi connectivity index (χ3n) is 4.31. The molecular weight excluding hydrogens is 264 g/mol. The van der Waals surface area contributed by atoms with E-state index < -0.39 is 11.2 Å². The first-order valence-electron chi connectivity index (χ1n) is 7.31. The minimum Gasteiger partial charge on any atom is -0.389 e. The Morgan fingerprint density at radius 2 is 0.944 bits per heavy atom. The van der Waals surface area contributed by atoms with Gasteiger partial charge in [0.25, 0.3) is 0 Å². The predicted molar refractivity (Wildman–Crippen MR) is 81.0 cm³/mol. The second kappa shape index (κ2) is 6.87. The lowest BCUT2D eigenvalue weighted by molar-refractivity contribution is 0.0263. The number of hydrogen-bond donors (Lipinski definition) is 2. The number of rotatable bonds is 5. The molecule has 0 aromatic carbocycles. The van der Waals surface area contributed by atoms with E-state index in [1.165, 1.54) is 38.5 Å². The largest absolute Gasteiger partial charge is 0.389 e. The van der Waals surface area contributed by atoms with Crippen LogP contribution >= 0.6 is 21.6 Å². The van der Waals surface area contributed by atoms with Crippen LogP contribution in [0.2, 0.25) is 0 Å². The topological polar surface area (TPSA) is 40.5 Å². The molecule has 18 heavy (non-hydrogen) atoms. The highest BCUT2D eigenvalue weighted by Crippen LogP contribution is 2.38. The summed E-state index contributed by atoms with van der Waals surface area (Å²) in [4.78, 5) is 0. The second-order valence-corrected chi connectivity index (χ2v) is 8.56. The maximum Gasteiger partial charge on any atom is 0.0746 e. The van der Waals surface area contributed by atoms with Gasteiger partial charge in [-0.3, -0.25) is 0 Å². The van der Waals surface area contributed by atoms with E-state index in [4.69, 9.17) is 0 Å². The van der Waals surface area contributed by atoms with Gasteiger partial charge in [-0.1, -0.05) is 60.1 Å². The van der Waals surface area contributed by atoms with E-state index in [1.807, 2.05) is 0 Å². The molecule has 2 fully saturated rings. The minimum absolute atomic E-state index is 0.425. The fourth-order valence-corrected chi connectivity index (χ4v) is 6.01. The molecule has 2 aliphatic rings. The molecule has 2 saturated carbocycles. The van der Waals surface area contributed by atoms with Gasteiger partial charge in [0.2, 0.25) is 0 Å². The molecule has 4 heteroatoms. The van der Waals surface area contributed by atoms with Crippen LogP contribution in [0.1, 0.15) is 64.2 Å². The fourth-order valence-electron chi connectivity index (χ4n) is 3.01. The van der Waals surface area contributed by atoms with Crippen LogP contribution in [0.3, 0.4) is 0 Å². The summed E-state index contributed by atoms with van der Waals surface area (Å²) in [5.41, 5.74) is -0.851. The lowest BCUT2D eigenvalue weighted by Gasteiger charge is -2.33. The van der Waals surface area contributed by atoms with Crippen LogP contribution in [0.15, 0.2) is 0 Å². The summed E-state index contributed by atoms with van der Waals surface area (Å²) in [5, 5.41) is 20.8. The van der Waals surface area contributed by atoms with Crippen molar-refractivity contribution in [1.29, 1.82) is 0 Å². The van der Waals surface area contributed by atoms with Crippen LogP contribution in [0, 0.1) is 0 Å². The van der Waals surface area contributed by atoms with Crippen molar-refractivity contribution in [3.8, 4) is 0 Å². The molecule has 2 rings (SSSR count). The smallest absolute Gasteiger partial charge is 0.0746 e. The zero-order valence-corrected chi connectivity index (χ0v) is 12.8. The monoisotopic (exact) mass is 290 g/mol. The maximum atomic E-state index is 10.4. The first-order chi connectivity index (χ1) is 8.62. The summed E-state index contributed by atoms with van der Waals surface area (Å²) in [6.45, 7) is 0. The van der Waals surface area contributed by atoms with Crippen molar-refractivity contribution >= 4 is 21.6 Å². The number of hydrogen-bond acceptors (Lipinski definition) is 4. The SMILES string of the molecule is OC1(CSSCC2(O)CCCCC2)CCCCC1. The third-order valence-corrected chi connectivity index (χ3v) is 6.99. The van der Waals surface area contributed by atoms with E-state index >= 15 is 0 Å². The summed E-state index contributed by atoms with van der Waals surface area (Å²) in [5.74, 6) is 1.65. The average molecular weight is 290 g/mol. The highest BCUT2D eigenvalue weighted by atomic mass is 33.1. The first-order valence-corrected chi connectivity index (χ1v) is 9.80. The van der Waals surface area contributed by atoms with Gasteiger partial charge >= 0.3 is 0 Å². The van der Waals surface area contributed by atoms with Gasteiger partial charge in [-0.2, -0.15) is 0 Å². The summed E-state index contributed by atoms with van der Waals surface area (Å²) >= 11 is 0. The highest BCUT2D eigenvalue weighted by Gasteiger charge is 2.31. The van der Waals surface area contributed by atoms with Crippen LogP contribution in [-0.4, -0.2) is 32.9 Å². The van der Waals surface area contributed by atoms with Crippen molar-refractivity contribution in [3.63, 3.8) is 0 Å². The van der Waals surface area contributed by atoms with Crippen LogP contribution in [0.4, 0.5) is 0 Å². The Balaban J connectivity index is 1.63. The van der Waals surface area contributed by atoms with E-state index in [1.54, 1.807) is 21.6 Å². The molecule has 0 atom stereocenters. The molecule has 0 unspecified atom stereocenters. The molecule has 2 aliphatic carbocycles. The zero-order valence-electron chi connectivity index (χ0n) is 11.2. The van der Waals surface area contributed by atoms with Crippen LogP contribution < -0.4 is 0 Å². The lowest BCUT2D eigenvalue weighted by Crippen LogP contribution is -2.35. The van der Waals surface area contributed by atoms with Crippen LogP contribution in [-0.2, 0) is 0 Å². The predicted octanol–water partition coefficient (Wildman–Crippen LogP) is 3.76. The van der Waals surface area contributed by atoms with Crippen molar-refractivity contribution in [2.45, 2.75) is 75.4 Å². The van der Waals surface area contributed by atoms with E-state index in [0.29, 0.717) is 0 Å². The quantitative estimate of drug-likeness (QED) is 0.597. The minimum atomic E-state index is -0.425. The molecule has 0 saturated heterocycles. The maximum absolute atomic E-state index is 10.4. The van der Waals surface area contributed by atoms with Gasteiger partial charge in [-0.25, -0.2) is 0 Å². The second-order valence-electron chi connectivity index (χ2n) is 6.09. The summed E-state index contributed by atoms with van der Waals surface area (Å²) < 4.78 is 0. The molecule has 0 aliphatic heterocycles. The molecule has 0 spiro atoms. The molecule has 0 bridgehead atoms. The van der Waals surface area contributed by atoms with Crippen molar-refractivity contribution in [3.05, 3.63) is 0 Å². The third kappa shape index (κ3) is 4.62. The van der Waals surface area contributed by atoms with Crippen LogP contribution in [0.25, 0.3) is 0 Å². The molecular formula is C14H26O2S2. The van der Waals surface area contributed by atoms with Gasteiger partial charge in [-0.15, -0.1) is 0 Å². The Morgan fingerprint density at radius 1 is 0.611 bits per heavy atom. The van der Waals surface area contributed by atoms with Gasteiger partial charge in [0.15, 0.2) is 0 Å². The molecule has 2 N–H and O–H groups in total. The van der Waals surface area contributed by atoms with Crippen molar-refractivity contribution < 1.29 is 10.2 Å². The van der Waals surface area contributed by atoms with Crippen LogP contribution in [0.5, 0.6) is 0 Å².